The fourth-order valence-corrected chi connectivity index (χ4v) is 2.52. The highest BCUT2D eigenvalue weighted by Crippen LogP contribution is 2.30. The summed E-state index contributed by atoms with van der Waals surface area (Å²) in [5, 5.41) is 0. The summed E-state index contributed by atoms with van der Waals surface area (Å²) in [7, 11) is 1.62. The van der Waals surface area contributed by atoms with E-state index in [1.165, 1.54) is 4.90 Å². The molecule has 0 radical (unpaired) electrons. The summed E-state index contributed by atoms with van der Waals surface area (Å²) in [6.45, 7) is 9.54. The first-order valence-electron chi connectivity index (χ1n) is 7.63. The molecule has 0 saturated heterocycles. The SMILES string of the molecule is CC(C)C(c1ccccc1)C(C=O)N(C)C(=O)OC(C)(C)C. The molecular formula is C18H27NO3. The molecule has 0 N–H and O–H groups in total. The van der Waals surface area contributed by atoms with E-state index >= 15 is 0 Å². The molecule has 2 unspecified atom stereocenters. The predicted molar refractivity (Wildman–Crippen MR) is 87.9 cm³/mol. The van der Waals surface area contributed by atoms with Gasteiger partial charge < -0.3 is 14.4 Å². The van der Waals surface area contributed by atoms with Crippen molar-refractivity contribution in [3.63, 3.8) is 0 Å². The third kappa shape index (κ3) is 4.86. The molecule has 0 aromatic heterocycles. The number of hydrogen-bond donors (Lipinski definition) is 0. The maximum absolute atomic E-state index is 12.3. The van der Waals surface area contributed by atoms with Gasteiger partial charge in [0.1, 0.15) is 11.9 Å². The summed E-state index contributed by atoms with van der Waals surface area (Å²) in [5.41, 5.74) is 0.462. The average molecular weight is 305 g/mol. The number of ether oxygens (including phenoxy) is 1. The Hall–Kier alpha value is -1.84. The summed E-state index contributed by atoms with van der Waals surface area (Å²) < 4.78 is 5.38. The second-order valence-electron chi connectivity index (χ2n) is 6.90. The van der Waals surface area contributed by atoms with E-state index in [1.807, 2.05) is 51.1 Å². The molecule has 0 aliphatic heterocycles. The van der Waals surface area contributed by atoms with Gasteiger partial charge in [0.05, 0.1) is 6.04 Å². The van der Waals surface area contributed by atoms with E-state index in [1.54, 1.807) is 7.05 Å². The van der Waals surface area contributed by atoms with Crippen LogP contribution in [0.2, 0.25) is 0 Å². The number of rotatable bonds is 5. The van der Waals surface area contributed by atoms with Crippen LogP contribution >= 0.6 is 0 Å². The van der Waals surface area contributed by atoms with E-state index in [0.717, 1.165) is 11.8 Å². The Morgan fingerprint density at radius 3 is 2.14 bits per heavy atom. The van der Waals surface area contributed by atoms with E-state index < -0.39 is 17.7 Å². The van der Waals surface area contributed by atoms with Crippen molar-refractivity contribution in [2.24, 2.45) is 5.92 Å². The van der Waals surface area contributed by atoms with E-state index in [0.29, 0.717) is 0 Å². The number of carbonyl (C=O) groups excluding carboxylic acids is 2. The zero-order valence-electron chi connectivity index (χ0n) is 14.4. The number of benzene rings is 1. The van der Waals surface area contributed by atoms with Crippen LogP contribution in [0.5, 0.6) is 0 Å². The van der Waals surface area contributed by atoms with Crippen LogP contribution < -0.4 is 0 Å². The summed E-state index contributed by atoms with van der Waals surface area (Å²) in [6, 6.07) is 9.25. The molecule has 4 nitrogen and oxygen atoms in total. The molecular weight excluding hydrogens is 278 g/mol. The monoisotopic (exact) mass is 305 g/mol. The molecule has 0 bridgehead atoms. The molecule has 0 heterocycles. The maximum atomic E-state index is 12.3. The Balaban J connectivity index is 3.05. The highest BCUT2D eigenvalue weighted by molar-refractivity contribution is 5.74. The predicted octanol–water partition coefficient (Wildman–Crippen LogP) is 3.86. The minimum absolute atomic E-state index is 0.0729. The molecule has 1 amide bonds. The van der Waals surface area contributed by atoms with E-state index in [4.69, 9.17) is 4.74 Å². The van der Waals surface area contributed by atoms with Crippen molar-refractivity contribution in [2.45, 2.75) is 52.2 Å². The van der Waals surface area contributed by atoms with Gasteiger partial charge in [0.25, 0.3) is 0 Å². The highest BCUT2D eigenvalue weighted by atomic mass is 16.6. The molecule has 22 heavy (non-hydrogen) atoms. The Morgan fingerprint density at radius 2 is 1.73 bits per heavy atom. The number of hydrogen-bond acceptors (Lipinski definition) is 3. The smallest absolute Gasteiger partial charge is 0.410 e. The lowest BCUT2D eigenvalue weighted by molar-refractivity contribution is -0.113. The molecule has 1 aromatic rings. The summed E-state index contributed by atoms with van der Waals surface area (Å²) in [6.07, 6.45) is 0.355. The summed E-state index contributed by atoms with van der Waals surface area (Å²) in [4.78, 5) is 25.3. The van der Waals surface area contributed by atoms with Crippen LogP contribution in [0.4, 0.5) is 4.79 Å². The maximum Gasteiger partial charge on any atom is 0.410 e. The molecule has 4 heteroatoms. The molecule has 122 valence electrons. The summed E-state index contributed by atoms with van der Waals surface area (Å²) >= 11 is 0. The number of likely N-dealkylation sites (N-methyl/N-ethyl adjacent to an activating group) is 1. The van der Waals surface area contributed by atoms with Gasteiger partial charge in [-0.05, 0) is 32.3 Å². The Morgan fingerprint density at radius 1 is 1.18 bits per heavy atom. The number of carbonyl (C=O) groups is 2. The molecule has 0 saturated carbocycles. The first-order chi connectivity index (χ1) is 10.2. The van der Waals surface area contributed by atoms with Gasteiger partial charge in [0.15, 0.2) is 0 Å². The van der Waals surface area contributed by atoms with Gasteiger partial charge in [-0.1, -0.05) is 44.2 Å². The van der Waals surface area contributed by atoms with Crippen molar-refractivity contribution in [1.29, 1.82) is 0 Å². The van der Waals surface area contributed by atoms with Crippen molar-refractivity contribution in [3.8, 4) is 0 Å². The van der Waals surface area contributed by atoms with Crippen LogP contribution in [0.1, 0.15) is 46.1 Å². The normalized spacial score (nSPS) is 14.3. The summed E-state index contributed by atoms with van der Waals surface area (Å²) in [5.74, 6) is 0.138. The lowest BCUT2D eigenvalue weighted by Crippen LogP contribution is -2.45. The van der Waals surface area contributed by atoms with E-state index in [-0.39, 0.29) is 11.8 Å². The second-order valence-corrected chi connectivity index (χ2v) is 6.90. The van der Waals surface area contributed by atoms with Crippen molar-refractivity contribution < 1.29 is 14.3 Å². The Labute approximate surface area is 133 Å². The lowest BCUT2D eigenvalue weighted by atomic mass is 9.82. The molecule has 1 rings (SSSR count). The molecule has 2 atom stereocenters. The van der Waals surface area contributed by atoms with E-state index in [9.17, 15) is 9.59 Å². The van der Waals surface area contributed by atoms with Crippen molar-refractivity contribution in [3.05, 3.63) is 35.9 Å². The van der Waals surface area contributed by atoms with Crippen molar-refractivity contribution >= 4 is 12.4 Å². The van der Waals surface area contributed by atoms with Gasteiger partial charge in [-0.3, -0.25) is 0 Å². The van der Waals surface area contributed by atoms with Crippen LogP contribution in [0.15, 0.2) is 30.3 Å². The van der Waals surface area contributed by atoms with E-state index in [2.05, 4.69) is 13.8 Å². The largest absolute Gasteiger partial charge is 0.444 e. The standard InChI is InChI=1S/C18H27NO3/c1-13(2)16(14-10-8-7-9-11-14)15(12-20)19(6)17(21)22-18(3,4)5/h7-13,15-16H,1-6H3. The van der Waals surface area contributed by atoms with Crippen LogP contribution in [-0.4, -0.2) is 36.0 Å². The zero-order valence-corrected chi connectivity index (χ0v) is 14.4. The molecule has 0 aliphatic carbocycles. The van der Waals surface area contributed by atoms with Crippen molar-refractivity contribution in [1.82, 2.24) is 4.90 Å². The molecule has 1 aromatic carbocycles. The number of aldehydes is 1. The van der Waals surface area contributed by atoms with Crippen LogP contribution in [0.25, 0.3) is 0 Å². The Bertz CT molecular complexity index is 491. The van der Waals surface area contributed by atoms with Gasteiger partial charge >= 0.3 is 6.09 Å². The lowest BCUT2D eigenvalue weighted by Gasteiger charge is -2.34. The van der Waals surface area contributed by atoms with Gasteiger partial charge in [-0.2, -0.15) is 0 Å². The minimum Gasteiger partial charge on any atom is -0.444 e. The molecule has 0 aliphatic rings. The number of amides is 1. The molecule has 0 spiro atoms. The van der Waals surface area contributed by atoms with Gasteiger partial charge in [-0.15, -0.1) is 0 Å². The zero-order chi connectivity index (χ0) is 16.9. The first-order valence-corrected chi connectivity index (χ1v) is 7.63. The van der Waals surface area contributed by atoms with Crippen LogP contribution in [0.3, 0.4) is 0 Å². The first kappa shape index (κ1) is 18.2. The fourth-order valence-electron chi connectivity index (χ4n) is 2.52. The van der Waals surface area contributed by atoms with Crippen LogP contribution in [-0.2, 0) is 9.53 Å². The van der Waals surface area contributed by atoms with Gasteiger partial charge in [0, 0.05) is 13.0 Å². The molecule has 0 fully saturated rings. The van der Waals surface area contributed by atoms with Gasteiger partial charge in [-0.25, -0.2) is 4.79 Å². The quantitative estimate of drug-likeness (QED) is 0.776. The highest BCUT2D eigenvalue weighted by Gasteiger charge is 2.33. The number of nitrogens with zero attached hydrogens (tertiary/aromatic N) is 1. The third-order valence-electron chi connectivity index (χ3n) is 3.54. The van der Waals surface area contributed by atoms with Crippen molar-refractivity contribution in [2.75, 3.05) is 7.05 Å². The van der Waals surface area contributed by atoms with Crippen LogP contribution in [0, 0.1) is 5.92 Å². The minimum atomic E-state index is -0.584. The topological polar surface area (TPSA) is 46.6 Å². The third-order valence-corrected chi connectivity index (χ3v) is 3.54. The fraction of sp³-hybridized carbons (Fsp3) is 0.556. The van der Waals surface area contributed by atoms with Gasteiger partial charge in [0.2, 0.25) is 0 Å². The Kier molecular flexibility index (Phi) is 6.15. The second kappa shape index (κ2) is 7.43. The average Bonchev–Trinajstić information content (AvgIpc) is 2.42.